The topological polar surface area (TPSA) is 72.5 Å². The van der Waals surface area contributed by atoms with Gasteiger partial charge < -0.3 is 15.6 Å². The lowest BCUT2D eigenvalue weighted by Crippen LogP contribution is -2.33. The smallest absolute Gasteiger partial charge is 0.322 e. The fraction of sp³-hybridized carbons (Fsp3) is 0.909. The summed E-state index contributed by atoms with van der Waals surface area (Å²) < 4.78 is 4.96. The van der Waals surface area contributed by atoms with Crippen LogP contribution in [-0.4, -0.2) is 30.3 Å². The van der Waals surface area contributed by atoms with Crippen LogP contribution < -0.4 is 5.73 Å². The molecule has 0 aromatic heterocycles. The van der Waals surface area contributed by atoms with Gasteiger partial charge in [0.05, 0.1) is 6.61 Å². The van der Waals surface area contributed by atoms with Crippen LogP contribution in [0.5, 0.6) is 0 Å². The Morgan fingerprint density at radius 3 is 2.60 bits per heavy atom. The number of rotatable bonds is 9. The highest BCUT2D eigenvalue weighted by atomic mass is 16.5. The molecule has 1 atom stereocenters. The van der Waals surface area contributed by atoms with Crippen LogP contribution >= 0.6 is 0 Å². The lowest BCUT2D eigenvalue weighted by atomic mass is 10.2. The zero-order chi connectivity index (χ0) is 11.5. The average Bonchev–Trinajstić information content (AvgIpc) is 2.23. The second-order valence-corrected chi connectivity index (χ2v) is 3.70. The summed E-state index contributed by atoms with van der Waals surface area (Å²) in [7, 11) is 0. The Morgan fingerprint density at radius 1 is 1.33 bits per heavy atom. The number of aliphatic hydroxyl groups excluding tert-OH is 1. The molecule has 0 saturated carbocycles. The van der Waals surface area contributed by atoms with Crippen LogP contribution in [0.2, 0.25) is 0 Å². The molecular weight excluding hydrogens is 194 g/mol. The van der Waals surface area contributed by atoms with Gasteiger partial charge in [-0.3, -0.25) is 4.79 Å². The molecule has 0 heterocycles. The Balaban J connectivity index is 3.30. The molecule has 0 aromatic carbocycles. The van der Waals surface area contributed by atoms with Crippen molar-refractivity contribution >= 4 is 5.97 Å². The quantitative estimate of drug-likeness (QED) is 0.450. The first-order valence-electron chi connectivity index (χ1n) is 5.75. The van der Waals surface area contributed by atoms with Gasteiger partial charge >= 0.3 is 5.97 Å². The van der Waals surface area contributed by atoms with Gasteiger partial charge in [0.25, 0.3) is 0 Å². The monoisotopic (exact) mass is 217 g/mol. The maximum Gasteiger partial charge on any atom is 0.322 e. The van der Waals surface area contributed by atoms with Crippen molar-refractivity contribution in [2.75, 3.05) is 13.2 Å². The zero-order valence-electron chi connectivity index (χ0n) is 9.58. The molecule has 0 rings (SSSR count). The second kappa shape index (κ2) is 9.93. The van der Waals surface area contributed by atoms with Gasteiger partial charge in [-0.1, -0.05) is 32.6 Å². The lowest BCUT2D eigenvalue weighted by Gasteiger charge is -2.09. The molecule has 0 fully saturated rings. The van der Waals surface area contributed by atoms with Crippen molar-refractivity contribution in [2.24, 2.45) is 5.73 Å². The van der Waals surface area contributed by atoms with E-state index in [1.165, 1.54) is 19.3 Å². The second-order valence-electron chi connectivity index (χ2n) is 3.70. The highest BCUT2D eigenvalue weighted by molar-refractivity contribution is 5.75. The fourth-order valence-electron chi connectivity index (χ4n) is 1.24. The molecule has 1 unspecified atom stereocenters. The molecule has 0 aliphatic rings. The van der Waals surface area contributed by atoms with E-state index in [2.05, 4.69) is 6.92 Å². The van der Waals surface area contributed by atoms with E-state index in [-0.39, 0.29) is 13.0 Å². The predicted octanol–water partition coefficient (Wildman–Crippen LogP) is 1.21. The van der Waals surface area contributed by atoms with E-state index >= 15 is 0 Å². The molecule has 0 saturated heterocycles. The number of aliphatic hydroxyl groups is 1. The summed E-state index contributed by atoms with van der Waals surface area (Å²) >= 11 is 0. The lowest BCUT2D eigenvalue weighted by molar-refractivity contribution is -0.145. The summed E-state index contributed by atoms with van der Waals surface area (Å²) in [5.41, 5.74) is 5.46. The molecule has 0 radical (unpaired) electrons. The predicted molar refractivity (Wildman–Crippen MR) is 59.4 cm³/mol. The van der Waals surface area contributed by atoms with E-state index in [1.54, 1.807) is 0 Å². The van der Waals surface area contributed by atoms with E-state index in [0.717, 1.165) is 12.8 Å². The third-order valence-corrected chi connectivity index (χ3v) is 2.24. The molecule has 0 bridgehead atoms. The number of hydrogen-bond acceptors (Lipinski definition) is 4. The van der Waals surface area contributed by atoms with Crippen LogP contribution in [0.4, 0.5) is 0 Å². The molecule has 4 heteroatoms. The summed E-state index contributed by atoms with van der Waals surface area (Å²) in [6.07, 6.45) is 5.90. The molecule has 15 heavy (non-hydrogen) atoms. The van der Waals surface area contributed by atoms with E-state index < -0.39 is 12.0 Å². The van der Waals surface area contributed by atoms with Gasteiger partial charge in [0.15, 0.2) is 0 Å². The molecular formula is C11H23NO3. The molecule has 0 aliphatic carbocycles. The number of nitrogens with two attached hydrogens (primary N) is 1. The van der Waals surface area contributed by atoms with Crippen LogP contribution in [0.3, 0.4) is 0 Å². The molecule has 0 amide bonds. The third kappa shape index (κ3) is 8.39. The summed E-state index contributed by atoms with van der Waals surface area (Å²) in [5.74, 6) is -0.403. The van der Waals surface area contributed by atoms with Gasteiger partial charge in [-0.25, -0.2) is 0 Å². The summed E-state index contributed by atoms with van der Waals surface area (Å²) in [6, 6.07) is -0.675. The number of hydrogen-bond donors (Lipinski definition) is 2. The van der Waals surface area contributed by atoms with Gasteiger partial charge in [-0.15, -0.1) is 0 Å². The van der Waals surface area contributed by atoms with E-state index in [1.807, 2.05) is 0 Å². The van der Waals surface area contributed by atoms with Gasteiger partial charge in [0.2, 0.25) is 0 Å². The van der Waals surface area contributed by atoms with Crippen molar-refractivity contribution in [3.05, 3.63) is 0 Å². The Morgan fingerprint density at radius 2 is 2.00 bits per heavy atom. The number of unbranched alkanes of at least 4 members (excludes halogenated alkanes) is 4. The Hall–Kier alpha value is -0.610. The number of esters is 1. The van der Waals surface area contributed by atoms with Crippen LogP contribution in [0.1, 0.15) is 45.4 Å². The number of ether oxygens (including phenoxy) is 1. The van der Waals surface area contributed by atoms with Crippen molar-refractivity contribution in [1.82, 2.24) is 0 Å². The molecule has 90 valence electrons. The van der Waals surface area contributed by atoms with E-state index in [4.69, 9.17) is 15.6 Å². The first kappa shape index (κ1) is 14.4. The highest BCUT2D eigenvalue weighted by Gasteiger charge is 2.13. The van der Waals surface area contributed by atoms with Crippen molar-refractivity contribution < 1.29 is 14.6 Å². The molecule has 4 nitrogen and oxygen atoms in total. The Kier molecular flexibility index (Phi) is 9.52. The standard InChI is InChI=1S/C11H23NO3/c1-2-3-4-5-6-9-15-11(14)10(12)7-8-13/h10,13H,2-9,12H2,1H3. The largest absolute Gasteiger partial charge is 0.465 e. The summed E-state index contributed by atoms with van der Waals surface area (Å²) in [4.78, 5) is 11.2. The van der Waals surface area contributed by atoms with Gasteiger partial charge in [0.1, 0.15) is 6.04 Å². The van der Waals surface area contributed by atoms with Crippen molar-refractivity contribution in [2.45, 2.75) is 51.5 Å². The van der Waals surface area contributed by atoms with Gasteiger partial charge in [-0.05, 0) is 12.8 Å². The minimum Gasteiger partial charge on any atom is -0.465 e. The zero-order valence-corrected chi connectivity index (χ0v) is 9.58. The molecule has 0 aliphatic heterocycles. The Labute approximate surface area is 91.8 Å². The maximum absolute atomic E-state index is 11.2. The average molecular weight is 217 g/mol. The number of carbonyl (C=O) groups excluding carboxylic acids is 1. The normalized spacial score (nSPS) is 12.5. The van der Waals surface area contributed by atoms with Crippen LogP contribution in [0.25, 0.3) is 0 Å². The molecule has 3 N–H and O–H groups in total. The SMILES string of the molecule is CCCCCCCOC(=O)C(N)CCO. The summed E-state index contributed by atoms with van der Waals surface area (Å²) in [6.45, 7) is 2.53. The van der Waals surface area contributed by atoms with Crippen LogP contribution in [0.15, 0.2) is 0 Å². The van der Waals surface area contributed by atoms with Crippen molar-refractivity contribution in [3.8, 4) is 0 Å². The molecule has 0 spiro atoms. The first-order valence-corrected chi connectivity index (χ1v) is 5.75. The van der Waals surface area contributed by atoms with Crippen molar-refractivity contribution in [3.63, 3.8) is 0 Å². The first-order chi connectivity index (χ1) is 7.22. The van der Waals surface area contributed by atoms with Crippen LogP contribution in [-0.2, 0) is 9.53 Å². The minimum absolute atomic E-state index is 0.0766. The maximum atomic E-state index is 11.2. The number of carbonyl (C=O) groups is 1. The van der Waals surface area contributed by atoms with E-state index in [0.29, 0.717) is 6.61 Å². The van der Waals surface area contributed by atoms with Crippen molar-refractivity contribution in [1.29, 1.82) is 0 Å². The third-order valence-electron chi connectivity index (χ3n) is 2.24. The minimum atomic E-state index is -0.675. The van der Waals surface area contributed by atoms with E-state index in [9.17, 15) is 4.79 Å². The Bertz CT molecular complexity index is 162. The van der Waals surface area contributed by atoms with Gasteiger partial charge in [0, 0.05) is 6.61 Å². The summed E-state index contributed by atoms with van der Waals surface area (Å²) in [5, 5.41) is 8.57. The molecule has 0 aromatic rings. The van der Waals surface area contributed by atoms with Gasteiger partial charge in [-0.2, -0.15) is 0 Å². The highest BCUT2D eigenvalue weighted by Crippen LogP contribution is 2.02. The van der Waals surface area contributed by atoms with Crippen LogP contribution in [0, 0.1) is 0 Å². The fourth-order valence-corrected chi connectivity index (χ4v) is 1.24.